The molecule has 9 nitrogen and oxygen atoms in total. The molecule has 0 saturated heterocycles. The van der Waals surface area contributed by atoms with Gasteiger partial charge in [0.1, 0.15) is 19.0 Å². The molecule has 2 rings (SSSR count). The molecule has 1 aliphatic rings. The van der Waals surface area contributed by atoms with Crippen LogP contribution in [0.2, 0.25) is 0 Å². The lowest BCUT2D eigenvalue weighted by Gasteiger charge is -2.22. The summed E-state index contributed by atoms with van der Waals surface area (Å²) in [6.07, 6.45) is 12.8. The number of unbranched alkanes of at least 4 members (excludes halogenated alkanes) is 5. The number of hydrogen-bond acceptors (Lipinski definition) is 8. The average Bonchev–Trinajstić information content (AvgIpc) is 3.18. The van der Waals surface area contributed by atoms with Crippen molar-refractivity contribution in [1.29, 1.82) is 0 Å². The van der Waals surface area contributed by atoms with Gasteiger partial charge in [0.2, 0.25) is 0 Å². The molecular formula is C30H45NO8. The lowest BCUT2D eigenvalue weighted by molar-refractivity contribution is -0.763. The molecule has 0 aromatic heterocycles. The zero-order chi connectivity index (χ0) is 28.5. The van der Waals surface area contributed by atoms with Crippen molar-refractivity contribution in [1.82, 2.24) is 0 Å². The quantitative estimate of drug-likeness (QED) is 0.0705. The molecule has 1 aliphatic carbocycles. The number of aliphatic hydroxyl groups excluding tert-OH is 2. The smallest absolute Gasteiger partial charge is 0.306 e. The van der Waals surface area contributed by atoms with E-state index in [2.05, 4.69) is 11.8 Å². The van der Waals surface area contributed by atoms with Crippen molar-refractivity contribution in [2.24, 2.45) is 11.8 Å². The van der Waals surface area contributed by atoms with Gasteiger partial charge in [-0.15, -0.1) is 10.1 Å². The number of esters is 1. The maximum atomic E-state index is 12.3. The number of allylic oxidation sites excluding steroid dienone is 2. The monoisotopic (exact) mass is 547 g/mol. The van der Waals surface area contributed by atoms with Gasteiger partial charge in [-0.3, -0.25) is 9.59 Å². The number of hydrogen-bond donors (Lipinski definition) is 2. The number of carbonyl (C=O) groups is 2. The first kappa shape index (κ1) is 32.4. The Hall–Kier alpha value is -2.78. The Bertz CT molecular complexity index is 901. The van der Waals surface area contributed by atoms with Gasteiger partial charge in [0.05, 0.1) is 12.2 Å². The SMILES string of the molecule is CCCCCCCC(=O)CC[C@@H]1[C@@H](CC=CCCCC(=O)OCc2ccc(CO[N+](=O)[O-])cc2)[C@@H](O)C[C@H]1O. The van der Waals surface area contributed by atoms with Crippen LogP contribution >= 0.6 is 0 Å². The van der Waals surface area contributed by atoms with Crippen LogP contribution in [-0.4, -0.2) is 39.3 Å². The van der Waals surface area contributed by atoms with E-state index in [0.717, 1.165) is 18.4 Å². The molecule has 0 heterocycles. The first-order valence-corrected chi connectivity index (χ1v) is 14.3. The van der Waals surface area contributed by atoms with Gasteiger partial charge in [0, 0.05) is 19.3 Å². The van der Waals surface area contributed by atoms with Crippen LogP contribution in [0, 0.1) is 22.0 Å². The van der Waals surface area contributed by atoms with E-state index in [1.54, 1.807) is 24.3 Å². The maximum absolute atomic E-state index is 12.3. The van der Waals surface area contributed by atoms with E-state index in [9.17, 15) is 29.9 Å². The molecule has 0 amide bonds. The molecule has 0 spiro atoms. The number of Topliss-reactive ketones (excluding diaryl/α,β-unsaturated/α-hetero) is 1. The summed E-state index contributed by atoms with van der Waals surface area (Å²) >= 11 is 0. The largest absolute Gasteiger partial charge is 0.461 e. The van der Waals surface area contributed by atoms with Crippen molar-refractivity contribution >= 4 is 11.8 Å². The van der Waals surface area contributed by atoms with Crippen LogP contribution in [0.5, 0.6) is 0 Å². The summed E-state index contributed by atoms with van der Waals surface area (Å²) < 4.78 is 5.29. The first-order chi connectivity index (χ1) is 18.8. The lowest BCUT2D eigenvalue weighted by atomic mass is 9.86. The van der Waals surface area contributed by atoms with E-state index in [0.29, 0.717) is 50.5 Å². The number of ketones is 1. The van der Waals surface area contributed by atoms with E-state index in [4.69, 9.17) is 4.74 Å². The number of aliphatic hydroxyl groups is 2. The lowest BCUT2D eigenvalue weighted by Crippen LogP contribution is -2.22. The molecule has 39 heavy (non-hydrogen) atoms. The van der Waals surface area contributed by atoms with E-state index >= 15 is 0 Å². The summed E-state index contributed by atoms with van der Waals surface area (Å²) in [5, 5.41) is 30.3. The fourth-order valence-corrected chi connectivity index (χ4v) is 5.11. The molecule has 0 bridgehead atoms. The fraction of sp³-hybridized carbons (Fsp3) is 0.667. The Labute approximate surface area is 231 Å². The minimum atomic E-state index is -0.841. The maximum Gasteiger partial charge on any atom is 0.306 e. The standard InChI is InChI=1S/C30H45NO8/c1-2-3-4-5-8-11-25(32)18-19-27-26(28(33)20-29(27)34)12-9-6-7-10-13-30(35)38-21-23-14-16-24(17-15-23)22-39-31(36)37/h6,9,14-17,26-29,33-34H,2-5,7-8,10-13,18-22H2,1H3/t26-,27-,28+,29-/m1/s1. The van der Waals surface area contributed by atoms with Crippen LogP contribution in [0.15, 0.2) is 36.4 Å². The minimum Gasteiger partial charge on any atom is -0.461 e. The number of rotatable bonds is 20. The second kappa shape index (κ2) is 18.5. The summed E-state index contributed by atoms with van der Waals surface area (Å²) in [5.41, 5.74) is 1.44. The fourth-order valence-electron chi connectivity index (χ4n) is 5.11. The Balaban J connectivity index is 1.62. The summed E-state index contributed by atoms with van der Waals surface area (Å²) in [6.45, 7) is 2.18. The Morgan fingerprint density at radius 3 is 2.28 bits per heavy atom. The predicted octanol–water partition coefficient (Wildman–Crippen LogP) is 5.62. The van der Waals surface area contributed by atoms with Crippen molar-refractivity contribution in [2.75, 3.05) is 0 Å². The zero-order valence-electron chi connectivity index (χ0n) is 23.2. The van der Waals surface area contributed by atoms with Crippen LogP contribution in [0.25, 0.3) is 0 Å². The molecule has 218 valence electrons. The summed E-state index contributed by atoms with van der Waals surface area (Å²) in [4.78, 5) is 38.9. The molecule has 1 aromatic rings. The Kier molecular flexibility index (Phi) is 15.4. The predicted molar refractivity (Wildman–Crippen MR) is 147 cm³/mol. The van der Waals surface area contributed by atoms with E-state index in [1.165, 1.54) is 19.3 Å². The van der Waals surface area contributed by atoms with Gasteiger partial charge in [-0.25, -0.2) is 0 Å². The van der Waals surface area contributed by atoms with Gasteiger partial charge in [0.15, 0.2) is 0 Å². The Morgan fingerprint density at radius 1 is 0.923 bits per heavy atom. The normalized spacial score (nSPS) is 20.8. The van der Waals surface area contributed by atoms with Crippen molar-refractivity contribution in [2.45, 2.75) is 116 Å². The van der Waals surface area contributed by atoms with E-state index in [1.807, 2.05) is 12.2 Å². The number of ether oxygens (including phenoxy) is 1. The third kappa shape index (κ3) is 13.2. The van der Waals surface area contributed by atoms with E-state index in [-0.39, 0.29) is 43.2 Å². The van der Waals surface area contributed by atoms with Crippen LogP contribution in [-0.2, 0) is 32.4 Å². The Morgan fingerprint density at radius 2 is 1.59 bits per heavy atom. The molecule has 2 N–H and O–H groups in total. The summed E-state index contributed by atoms with van der Waals surface area (Å²) in [6, 6.07) is 6.85. The molecular weight excluding hydrogens is 502 g/mol. The van der Waals surface area contributed by atoms with Crippen LogP contribution in [0.4, 0.5) is 0 Å². The van der Waals surface area contributed by atoms with Gasteiger partial charge in [-0.05, 0) is 61.5 Å². The van der Waals surface area contributed by atoms with Gasteiger partial charge in [0.25, 0.3) is 5.09 Å². The molecule has 1 saturated carbocycles. The third-order valence-corrected chi connectivity index (χ3v) is 7.42. The molecule has 0 aliphatic heterocycles. The molecule has 0 unspecified atom stereocenters. The van der Waals surface area contributed by atoms with Crippen molar-refractivity contribution in [3.63, 3.8) is 0 Å². The second-order valence-electron chi connectivity index (χ2n) is 10.5. The van der Waals surface area contributed by atoms with Crippen molar-refractivity contribution in [3.05, 3.63) is 57.7 Å². The molecule has 9 heteroatoms. The highest BCUT2D eigenvalue weighted by Gasteiger charge is 2.40. The average molecular weight is 548 g/mol. The minimum absolute atomic E-state index is 0.0592. The highest BCUT2D eigenvalue weighted by Crippen LogP contribution is 2.38. The highest BCUT2D eigenvalue weighted by molar-refractivity contribution is 5.78. The number of nitrogens with zero attached hydrogens (tertiary/aromatic N) is 1. The highest BCUT2D eigenvalue weighted by atomic mass is 16.9. The van der Waals surface area contributed by atoms with Gasteiger partial charge >= 0.3 is 5.97 Å². The van der Waals surface area contributed by atoms with Crippen molar-refractivity contribution in [3.8, 4) is 0 Å². The summed E-state index contributed by atoms with van der Waals surface area (Å²) in [5.74, 6) is -0.177. The van der Waals surface area contributed by atoms with Gasteiger partial charge in [-0.2, -0.15) is 0 Å². The topological polar surface area (TPSA) is 136 Å². The zero-order valence-corrected chi connectivity index (χ0v) is 23.2. The van der Waals surface area contributed by atoms with Gasteiger partial charge in [-0.1, -0.05) is 69.0 Å². The second-order valence-corrected chi connectivity index (χ2v) is 10.5. The number of carbonyl (C=O) groups excluding carboxylic acids is 2. The molecule has 0 radical (unpaired) electrons. The first-order valence-electron chi connectivity index (χ1n) is 14.3. The van der Waals surface area contributed by atoms with Crippen molar-refractivity contribution < 1.29 is 34.5 Å². The third-order valence-electron chi connectivity index (χ3n) is 7.42. The molecule has 1 aromatic carbocycles. The van der Waals surface area contributed by atoms with Gasteiger partial charge < -0.3 is 19.8 Å². The van der Waals surface area contributed by atoms with Crippen LogP contribution in [0.1, 0.15) is 102 Å². The van der Waals surface area contributed by atoms with Crippen LogP contribution < -0.4 is 0 Å². The molecule has 1 fully saturated rings. The van der Waals surface area contributed by atoms with Crippen LogP contribution in [0.3, 0.4) is 0 Å². The van der Waals surface area contributed by atoms with E-state index < -0.39 is 17.3 Å². The summed E-state index contributed by atoms with van der Waals surface area (Å²) in [7, 11) is 0. The molecule has 4 atom stereocenters. The number of benzene rings is 1.